The van der Waals surface area contributed by atoms with Crippen LogP contribution in [0, 0.1) is 24.6 Å². The van der Waals surface area contributed by atoms with E-state index in [1.54, 1.807) is 21.3 Å². The number of nitrogens with zero attached hydrogens (tertiary/aromatic N) is 3. The Balaban J connectivity index is 0.000000165. The molecule has 6 nitrogen and oxygen atoms in total. The van der Waals surface area contributed by atoms with Gasteiger partial charge in [0.25, 0.3) is 0 Å². The molecule has 7 heteroatoms. The van der Waals surface area contributed by atoms with Gasteiger partial charge in [0.1, 0.15) is 0 Å². The van der Waals surface area contributed by atoms with Crippen LogP contribution in [-0.2, 0) is 32.9 Å². The molecular formula is C60H53IrN3O3-4. The SMILES string of the molecule is CCc1ccccc1-c1ccc(-c2[c-]cc(OC)cc2)nc1.CCc1ccccc1-c1ccc(-c2[c-]cc(OC)cc2)nc1.C[CH-]c1ccccc1-c1ccc(-c2[c-]cc(OC)cc2)nc1.[Ir]. The summed E-state index contributed by atoms with van der Waals surface area (Å²) < 4.78 is 15.5. The minimum absolute atomic E-state index is 0. The fourth-order valence-electron chi connectivity index (χ4n) is 7.46. The van der Waals surface area contributed by atoms with Crippen molar-refractivity contribution in [3.63, 3.8) is 0 Å². The zero-order chi connectivity index (χ0) is 46.1. The van der Waals surface area contributed by atoms with E-state index in [-0.39, 0.29) is 20.1 Å². The Morgan fingerprint density at radius 3 is 1.06 bits per heavy atom. The molecule has 0 N–H and O–H groups in total. The van der Waals surface area contributed by atoms with Crippen molar-refractivity contribution in [3.05, 3.63) is 224 Å². The molecule has 0 atom stereocenters. The maximum Gasteiger partial charge on any atom is 0.0647 e. The second-order valence-electron chi connectivity index (χ2n) is 15.1. The Morgan fingerprint density at radius 1 is 0.418 bits per heavy atom. The molecule has 339 valence electrons. The van der Waals surface area contributed by atoms with Crippen molar-refractivity contribution in [3.8, 4) is 84.4 Å². The number of rotatable bonds is 12. The van der Waals surface area contributed by atoms with Crippen LogP contribution in [-0.4, -0.2) is 36.3 Å². The number of ether oxygens (including phenoxy) is 3. The van der Waals surface area contributed by atoms with Crippen molar-refractivity contribution in [2.24, 2.45) is 0 Å². The molecule has 0 fully saturated rings. The van der Waals surface area contributed by atoms with E-state index in [1.165, 1.54) is 33.4 Å². The van der Waals surface area contributed by atoms with Gasteiger partial charge in [0.15, 0.2) is 0 Å². The molecule has 0 saturated carbocycles. The van der Waals surface area contributed by atoms with Gasteiger partial charge in [-0.3, -0.25) is 0 Å². The van der Waals surface area contributed by atoms with Gasteiger partial charge in [0.05, 0.1) is 21.3 Å². The first-order chi connectivity index (χ1) is 32.4. The van der Waals surface area contributed by atoms with E-state index in [0.29, 0.717) is 0 Å². The molecule has 0 aliphatic rings. The molecule has 0 aliphatic carbocycles. The molecule has 67 heavy (non-hydrogen) atoms. The predicted octanol–water partition coefficient (Wildman–Crippen LogP) is 14.4. The van der Waals surface area contributed by atoms with Crippen molar-refractivity contribution in [2.75, 3.05) is 21.3 Å². The monoisotopic (exact) mass is 1060 g/mol. The summed E-state index contributed by atoms with van der Waals surface area (Å²) in [6.45, 7) is 6.40. The van der Waals surface area contributed by atoms with Crippen LogP contribution in [0.25, 0.3) is 67.2 Å². The third kappa shape index (κ3) is 12.7. The van der Waals surface area contributed by atoms with Crippen LogP contribution in [0.4, 0.5) is 0 Å². The van der Waals surface area contributed by atoms with Gasteiger partial charge in [0, 0.05) is 55.9 Å². The number of methoxy groups -OCH3 is 3. The summed E-state index contributed by atoms with van der Waals surface area (Å²) in [5.41, 5.74) is 16.7. The number of aromatic nitrogens is 3. The fraction of sp³-hybridized carbons (Fsp3) is 0.133. The van der Waals surface area contributed by atoms with Crippen molar-refractivity contribution in [1.82, 2.24) is 15.0 Å². The Morgan fingerprint density at radius 2 is 0.761 bits per heavy atom. The minimum Gasteiger partial charge on any atom is -0.540 e. The van der Waals surface area contributed by atoms with Gasteiger partial charge in [-0.05, 0) is 63.3 Å². The first-order valence-electron chi connectivity index (χ1n) is 22.1. The smallest absolute Gasteiger partial charge is 0.0647 e. The van der Waals surface area contributed by atoms with E-state index in [4.69, 9.17) is 14.2 Å². The standard InChI is InChI=1S/2C20H18NO.C20H17NO.Ir/c3*1-3-15-6-4-5-7-19(15)17-10-13-20(21-14-17)16-8-11-18(22-2)12-9-16;/h2*4-8,10-14H,3H2,1-2H3;3-8,10-14H,1-2H3;/q2*-1;-2;. The molecule has 0 amide bonds. The zero-order valence-corrected chi connectivity index (χ0v) is 41.1. The van der Waals surface area contributed by atoms with Crippen LogP contribution in [0.2, 0.25) is 0 Å². The molecule has 0 spiro atoms. The second-order valence-corrected chi connectivity index (χ2v) is 15.1. The van der Waals surface area contributed by atoms with Gasteiger partial charge < -0.3 is 29.2 Å². The Hall–Kier alpha value is -7.31. The maximum absolute atomic E-state index is 5.16. The Labute approximate surface area is 410 Å². The van der Waals surface area contributed by atoms with Crippen molar-refractivity contribution in [1.29, 1.82) is 0 Å². The number of hydrogen-bond acceptors (Lipinski definition) is 6. The summed E-state index contributed by atoms with van der Waals surface area (Å²) in [6, 6.07) is 64.5. The molecule has 0 saturated heterocycles. The van der Waals surface area contributed by atoms with E-state index in [0.717, 1.165) is 80.6 Å². The van der Waals surface area contributed by atoms with Gasteiger partial charge in [-0.25, -0.2) is 0 Å². The summed E-state index contributed by atoms with van der Waals surface area (Å²) >= 11 is 0. The third-order valence-electron chi connectivity index (χ3n) is 11.2. The van der Waals surface area contributed by atoms with Crippen LogP contribution in [0.15, 0.2) is 182 Å². The quantitative estimate of drug-likeness (QED) is 0.114. The van der Waals surface area contributed by atoms with E-state index >= 15 is 0 Å². The van der Waals surface area contributed by atoms with Gasteiger partial charge >= 0.3 is 0 Å². The van der Waals surface area contributed by atoms with Crippen LogP contribution >= 0.6 is 0 Å². The first-order valence-corrected chi connectivity index (χ1v) is 22.1. The number of pyridine rings is 3. The van der Waals surface area contributed by atoms with Crippen molar-refractivity contribution >= 4 is 0 Å². The number of hydrogen-bond donors (Lipinski definition) is 0. The second kappa shape index (κ2) is 24.8. The summed E-state index contributed by atoms with van der Waals surface area (Å²) in [5.74, 6) is 2.40. The van der Waals surface area contributed by atoms with Crippen molar-refractivity contribution in [2.45, 2.75) is 33.6 Å². The third-order valence-corrected chi connectivity index (χ3v) is 11.2. The average Bonchev–Trinajstić information content (AvgIpc) is 3.41. The van der Waals surface area contributed by atoms with E-state index in [1.807, 2.05) is 110 Å². The molecule has 0 aliphatic heterocycles. The predicted molar refractivity (Wildman–Crippen MR) is 269 cm³/mol. The average molecular weight is 1060 g/mol. The molecule has 1 radical (unpaired) electrons. The van der Waals surface area contributed by atoms with Gasteiger partial charge in [-0.15, -0.1) is 107 Å². The largest absolute Gasteiger partial charge is 0.540 e. The first kappa shape index (κ1) is 49.1. The summed E-state index contributed by atoms with van der Waals surface area (Å²) in [7, 11) is 4.96. The molecule has 6 aromatic carbocycles. The minimum atomic E-state index is 0. The zero-order valence-electron chi connectivity index (χ0n) is 38.7. The van der Waals surface area contributed by atoms with Gasteiger partial charge in [-0.1, -0.05) is 117 Å². The molecule has 9 aromatic rings. The molecular weight excluding hydrogens is 1000 g/mol. The molecule has 0 bridgehead atoms. The van der Waals surface area contributed by atoms with Crippen molar-refractivity contribution < 1.29 is 34.3 Å². The van der Waals surface area contributed by atoms with Crippen LogP contribution in [0.5, 0.6) is 17.2 Å². The van der Waals surface area contributed by atoms with E-state index < -0.39 is 0 Å². The molecule has 3 heterocycles. The topological polar surface area (TPSA) is 66.4 Å². The summed E-state index contributed by atoms with van der Waals surface area (Å²) in [5, 5.41) is 0. The summed E-state index contributed by atoms with van der Waals surface area (Å²) in [6.07, 6.45) is 9.92. The maximum atomic E-state index is 5.16. The number of benzene rings is 6. The Kier molecular flexibility index (Phi) is 18.2. The van der Waals surface area contributed by atoms with E-state index in [2.05, 4.69) is 132 Å². The molecule has 0 unspecified atom stereocenters. The molecule has 9 rings (SSSR count). The fourth-order valence-corrected chi connectivity index (χ4v) is 7.46. The Bertz CT molecular complexity index is 2560. The normalized spacial score (nSPS) is 10.2. The van der Waals surface area contributed by atoms with Crippen LogP contribution in [0.1, 0.15) is 37.5 Å². The van der Waals surface area contributed by atoms with Gasteiger partial charge in [0.2, 0.25) is 0 Å². The van der Waals surface area contributed by atoms with Gasteiger partial charge in [-0.2, -0.15) is 18.1 Å². The van der Waals surface area contributed by atoms with Crippen LogP contribution in [0.3, 0.4) is 0 Å². The summed E-state index contributed by atoms with van der Waals surface area (Å²) in [4.78, 5) is 13.7. The molecule has 3 aromatic heterocycles. The van der Waals surface area contributed by atoms with E-state index in [9.17, 15) is 0 Å². The number of aryl methyl sites for hydroxylation is 2. The van der Waals surface area contributed by atoms with Crippen LogP contribution < -0.4 is 14.2 Å².